The third-order valence-electron chi connectivity index (χ3n) is 6.09. The summed E-state index contributed by atoms with van der Waals surface area (Å²) in [4.78, 5) is 5.10. The van der Waals surface area contributed by atoms with Crippen molar-refractivity contribution in [2.75, 3.05) is 40.3 Å². The highest BCUT2D eigenvalue weighted by atomic mass is 32.2. The van der Waals surface area contributed by atoms with Crippen LogP contribution in [0.1, 0.15) is 17.2 Å². The van der Waals surface area contributed by atoms with Gasteiger partial charge in [-0.3, -0.25) is 9.80 Å². The van der Waals surface area contributed by atoms with Gasteiger partial charge in [0.1, 0.15) is 4.64 Å². The standard InChI is InChI=1S/C25H30N4O2S2/c1-26(2)33(30,31)23-13-14-24(32)29(19-23)20-27-15-17-28(18-16-27)25(21-9-5-3-6-10-21)22-11-7-4-8-12-22/h3-14,19,25H,15-18,20H2,1-2H3. The van der Waals surface area contributed by atoms with Crippen molar-refractivity contribution < 1.29 is 8.42 Å². The highest BCUT2D eigenvalue weighted by Gasteiger charge is 2.26. The van der Waals surface area contributed by atoms with E-state index in [2.05, 4.69) is 70.5 Å². The van der Waals surface area contributed by atoms with E-state index < -0.39 is 10.0 Å². The number of rotatable bonds is 7. The van der Waals surface area contributed by atoms with Gasteiger partial charge in [0.2, 0.25) is 10.0 Å². The molecule has 174 valence electrons. The molecule has 4 rings (SSSR count). The van der Waals surface area contributed by atoms with Gasteiger partial charge in [-0.15, -0.1) is 0 Å². The Hall–Kier alpha value is -2.36. The summed E-state index contributed by atoms with van der Waals surface area (Å²) >= 11 is 5.48. The summed E-state index contributed by atoms with van der Waals surface area (Å²) < 4.78 is 28.8. The Morgan fingerprint density at radius 3 is 1.91 bits per heavy atom. The first kappa shape index (κ1) is 23.8. The molecule has 0 amide bonds. The Kier molecular flexibility index (Phi) is 7.41. The summed E-state index contributed by atoms with van der Waals surface area (Å²) in [7, 11) is -0.423. The van der Waals surface area contributed by atoms with Crippen LogP contribution in [0.2, 0.25) is 0 Å². The maximum atomic E-state index is 12.5. The lowest BCUT2D eigenvalue weighted by Crippen LogP contribution is -2.48. The largest absolute Gasteiger partial charge is 0.324 e. The van der Waals surface area contributed by atoms with Crippen LogP contribution in [0.3, 0.4) is 0 Å². The fraction of sp³-hybridized carbons (Fsp3) is 0.320. The Labute approximate surface area is 201 Å². The Morgan fingerprint density at radius 2 is 1.39 bits per heavy atom. The van der Waals surface area contributed by atoms with E-state index in [9.17, 15) is 8.42 Å². The van der Waals surface area contributed by atoms with Crippen LogP contribution in [0.25, 0.3) is 0 Å². The van der Waals surface area contributed by atoms with Crippen molar-refractivity contribution in [3.63, 3.8) is 0 Å². The fourth-order valence-electron chi connectivity index (χ4n) is 4.25. The number of aromatic nitrogens is 1. The minimum Gasteiger partial charge on any atom is -0.324 e. The molecule has 6 nitrogen and oxygen atoms in total. The van der Waals surface area contributed by atoms with Crippen molar-refractivity contribution in [1.29, 1.82) is 0 Å². The van der Waals surface area contributed by atoms with Crippen LogP contribution in [0.5, 0.6) is 0 Å². The molecule has 1 fully saturated rings. The Bertz CT molecular complexity index is 1180. The second-order valence-electron chi connectivity index (χ2n) is 8.48. The number of nitrogens with zero attached hydrogens (tertiary/aromatic N) is 4. The van der Waals surface area contributed by atoms with E-state index in [1.54, 1.807) is 18.3 Å². The van der Waals surface area contributed by atoms with Gasteiger partial charge in [-0.25, -0.2) is 12.7 Å². The summed E-state index contributed by atoms with van der Waals surface area (Å²) in [5, 5.41) is 0. The van der Waals surface area contributed by atoms with Gasteiger partial charge in [0.15, 0.2) is 0 Å². The molecule has 1 aromatic heterocycles. The molecule has 3 aromatic rings. The monoisotopic (exact) mass is 482 g/mol. The van der Waals surface area contributed by atoms with Gasteiger partial charge >= 0.3 is 0 Å². The molecule has 2 heterocycles. The van der Waals surface area contributed by atoms with E-state index in [1.165, 1.54) is 29.5 Å². The predicted octanol–water partition coefficient (Wildman–Crippen LogP) is 3.83. The molecule has 8 heteroatoms. The summed E-state index contributed by atoms with van der Waals surface area (Å²) in [5.74, 6) is 0. The number of hydrogen-bond acceptors (Lipinski definition) is 5. The van der Waals surface area contributed by atoms with Crippen molar-refractivity contribution in [3.05, 3.63) is 94.8 Å². The second-order valence-corrected chi connectivity index (χ2v) is 11.0. The predicted molar refractivity (Wildman–Crippen MR) is 134 cm³/mol. The number of pyridine rings is 1. The van der Waals surface area contributed by atoms with Crippen LogP contribution in [0.15, 0.2) is 83.9 Å². The Balaban J connectivity index is 1.49. The Morgan fingerprint density at radius 1 is 0.848 bits per heavy atom. The zero-order chi connectivity index (χ0) is 23.4. The lowest BCUT2D eigenvalue weighted by molar-refractivity contribution is 0.0878. The van der Waals surface area contributed by atoms with Crippen LogP contribution in [0, 0.1) is 4.64 Å². The van der Waals surface area contributed by atoms with Gasteiger partial charge < -0.3 is 4.57 Å². The second kappa shape index (κ2) is 10.3. The first-order valence-electron chi connectivity index (χ1n) is 11.1. The van der Waals surface area contributed by atoms with Crippen molar-refractivity contribution in [1.82, 2.24) is 18.7 Å². The molecule has 1 saturated heterocycles. The van der Waals surface area contributed by atoms with E-state index in [-0.39, 0.29) is 10.9 Å². The summed E-state index contributed by atoms with van der Waals surface area (Å²) in [6.45, 7) is 4.16. The fourth-order valence-corrected chi connectivity index (χ4v) is 5.35. The highest BCUT2D eigenvalue weighted by molar-refractivity contribution is 7.89. The number of benzene rings is 2. The summed E-state index contributed by atoms with van der Waals surface area (Å²) in [6, 6.07) is 24.8. The number of hydrogen-bond donors (Lipinski definition) is 0. The first-order chi connectivity index (χ1) is 15.9. The third kappa shape index (κ3) is 5.42. The molecule has 0 N–H and O–H groups in total. The van der Waals surface area contributed by atoms with Crippen molar-refractivity contribution in [3.8, 4) is 0 Å². The average molecular weight is 483 g/mol. The summed E-state index contributed by atoms with van der Waals surface area (Å²) in [5.41, 5.74) is 2.59. The van der Waals surface area contributed by atoms with Crippen LogP contribution >= 0.6 is 12.2 Å². The molecule has 1 aliphatic rings. The molecule has 1 aliphatic heterocycles. The summed E-state index contributed by atoms with van der Waals surface area (Å²) in [6.07, 6.45) is 1.65. The zero-order valence-corrected chi connectivity index (χ0v) is 20.7. The molecule has 0 saturated carbocycles. The molecule has 0 atom stereocenters. The van der Waals surface area contributed by atoms with Gasteiger partial charge in [0, 0.05) is 46.5 Å². The third-order valence-corrected chi connectivity index (χ3v) is 8.26. The van der Waals surface area contributed by atoms with Crippen molar-refractivity contribution in [2.24, 2.45) is 0 Å². The zero-order valence-electron chi connectivity index (χ0n) is 19.0. The van der Waals surface area contributed by atoms with Crippen molar-refractivity contribution >= 4 is 22.2 Å². The molecular formula is C25H30N4O2S2. The van der Waals surface area contributed by atoms with Gasteiger partial charge in [0.05, 0.1) is 17.6 Å². The van der Waals surface area contributed by atoms with Gasteiger partial charge in [0.25, 0.3) is 0 Å². The van der Waals surface area contributed by atoms with E-state index in [0.717, 1.165) is 26.2 Å². The van der Waals surface area contributed by atoms with E-state index in [4.69, 9.17) is 12.2 Å². The smallest absolute Gasteiger partial charge is 0.244 e. The molecule has 0 unspecified atom stereocenters. The molecule has 0 bridgehead atoms. The molecular weight excluding hydrogens is 452 g/mol. The minimum absolute atomic E-state index is 0.213. The van der Waals surface area contributed by atoms with Gasteiger partial charge in [-0.2, -0.15) is 0 Å². The number of piperazine rings is 1. The van der Waals surface area contributed by atoms with Crippen LogP contribution < -0.4 is 0 Å². The van der Waals surface area contributed by atoms with Crippen LogP contribution in [-0.4, -0.2) is 67.4 Å². The van der Waals surface area contributed by atoms with E-state index in [1.807, 2.05) is 4.57 Å². The van der Waals surface area contributed by atoms with Crippen LogP contribution in [0.4, 0.5) is 0 Å². The molecule has 0 radical (unpaired) electrons. The SMILES string of the molecule is CN(C)S(=O)(=O)c1ccc(=S)n(CN2CCN(C(c3ccccc3)c3ccccc3)CC2)c1. The minimum atomic E-state index is -3.50. The van der Waals surface area contributed by atoms with E-state index in [0.29, 0.717) is 11.3 Å². The lowest BCUT2D eigenvalue weighted by Gasteiger charge is -2.40. The maximum absolute atomic E-state index is 12.5. The molecule has 0 spiro atoms. The lowest BCUT2D eigenvalue weighted by atomic mass is 9.96. The maximum Gasteiger partial charge on any atom is 0.244 e. The van der Waals surface area contributed by atoms with Crippen molar-refractivity contribution in [2.45, 2.75) is 17.6 Å². The molecule has 0 aliphatic carbocycles. The highest BCUT2D eigenvalue weighted by Crippen LogP contribution is 2.29. The van der Waals surface area contributed by atoms with Crippen LogP contribution in [-0.2, 0) is 16.7 Å². The topological polar surface area (TPSA) is 48.8 Å². The molecule has 33 heavy (non-hydrogen) atoms. The van der Waals surface area contributed by atoms with E-state index >= 15 is 0 Å². The molecule has 2 aromatic carbocycles. The van der Waals surface area contributed by atoms with Gasteiger partial charge in [-0.05, 0) is 23.3 Å². The first-order valence-corrected chi connectivity index (χ1v) is 12.9. The van der Waals surface area contributed by atoms with Gasteiger partial charge in [-0.1, -0.05) is 72.9 Å². The normalized spacial score (nSPS) is 15.9. The number of sulfonamides is 1. The average Bonchev–Trinajstić information content (AvgIpc) is 2.83. The quantitative estimate of drug-likeness (QED) is 0.479.